The maximum absolute atomic E-state index is 5.63. The largest absolute Gasteiger partial charge is 0.497 e. The lowest BCUT2D eigenvalue weighted by Crippen LogP contribution is -1.86. The van der Waals surface area contributed by atoms with Crippen molar-refractivity contribution in [3.63, 3.8) is 0 Å². The molecule has 0 spiro atoms. The van der Waals surface area contributed by atoms with E-state index in [1.54, 1.807) is 13.2 Å². The van der Waals surface area contributed by atoms with Crippen LogP contribution in [-0.4, -0.2) is 12.1 Å². The molecule has 0 N–H and O–H groups in total. The van der Waals surface area contributed by atoms with Crippen molar-refractivity contribution >= 4 is 34.2 Å². The van der Waals surface area contributed by atoms with Crippen LogP contribution >= 0.6 is 34.2 Å². The monoisotopic (exact) mass is 269 g/mol. The van der Waals surface area contributed by atoms with Crippen molar-refractivity contribution in [2.24, 2.45) is 0 Å². The Morgan fingerprint density at radius 1 is 1.60 bits per heavy atom. The van der Waals surface area contributed by atoms with Crippen LogP contribution in [0.15, 0.2) is 12.1 Å². The zero-order valence-electron chi connectivity index (χ0n) is 5.27. The van der Waals surface area contributed by atoms with Crippen molar-refractivity contribution in [2.75, 3.05) is 7.11 Å². The van der Waals surface area contributed by atoms with Gasteiger partial charge in [-0.1, -0.05) is 11.6 Å². The van der Waals surface area contributed by atoms with Gasteiger partial charge >= 0.3 is 0 Å². The first-order valence-electron chi connectivity index (χ1n) is 2.59. The lowest BCUT2D eigenvalue weighted by molar-refractivity contribution is 0.414. The molecule has 1 heterocycles. The molecular weight excluding hydrogens is 264 g/mol. The highest BCUT2D eigenvalue weighted by atomic mass is 127. The van der Waals surface area contributed by atoms with E-state index >= 15 is 0 Å². The number of rotatable bonds is 1. The number of aromatic nitrogens is 1. The van der Waals surface area contributed by atoms with E-state index in [0.717, 1.165) is 9.45 Å². The van der Waals surface area contributed by atoms with Crippen LogP contribution in [0.2, 0.25) is 5.15 Å². The van der Waals surface area contributed by atoms with Gasteiger partial charge in [0.15, 0.2) is 0 Å². The molecule has 1 rings (SSSR count). The summed E-state index contributed by atoms with van der Waals surface area (Å²) in [5, 5.41) is 0.462. The van der Waals surface area contributed by atoms with Crippen LogP contribution in [-0.2, 0) is 0 Å². The number of halogens is 2. The van der Waals surface area contributed by atoms with E-state index in [4.69, 9.17) is 16.3 Å². The zero-order valence-corrected chi connectivity index (χ0v) is 8.18. The molecule has 0 aliphatic carbocycles. The predicted octanol–water partition coefficient (Wildman–Crippen LogP) is 2.35. The Labute approximate surface area is 77.7 Å². The highest BCUT2D eigenvalue weighted by Gasteiger charge is 1.96. The van der Waals surface area contributed by atoms with Gasteiger partial charge in [0.2, 0.25) is 0 Å². The van der Waals surface area contributed by atoms with Crippen molar-refractivity contribution in [2.45, 2.75) is 0 Å². The fraction of sp³-hybridized carbons (Fsp3) is 0.167. The summed E-state index contributed by atoms with van der Waals surface area (Å²) in [6.07, 6.45) is 0. The molecule has 4 heteroatoms. The Morgan fingerprint density at radius 3 is 2.80 bits per heavy atom. The molecule has 2 nitrogen and oxygen atoms in total. The Bertz CT molecular complexity index is 221. The average Bonchev–Trinajstić information content (AvgIpc) is 1.85. The van der Waals surface area contributed by atoms with Gasteiger partial charge in [0.25, 0.3) is 0 Å². The van der Waals surface area contributed by atoms with E-state index in [9.17, 15) is 0 Å². The van der Waals surface area contributed by atoms with Gasteiger partial charge in [-0.15, -0.1) is 0 Å². The van der Waals surface area contributed by atoms with Gasteiger partial charge in [0.1, 0.15) is 14.6 Å². The smallest absolute Gasteiger partial charge is 0.133 e. The van der Waals surface area contributed by atoms with Crippen molar-refractivity contribution in [3.05, 3.63) is 21.0 Å². The van der Waals surface area contributed by atoms with Gasteiger partial charge in [0, 0.05) is 12.1 Å². The van der Waals surface area contributed by atoms with Crippen molar-refractivity contribution in [1.29, 1.82) is 0 Å². The molecule has 0 amide bonds. The van der Waals surface area contributed by atoms with E-state index in [-0.39, 0.29) is 0 Å². The van der Waals surface area contributed by atoms with Crippen molar-refractivity contribution < 1.29 is 4.74 Å². The number of methoxy groups -OCH3 is 1. The minimum absolute atomic E-state index is 0.462. The lowest BCUT2D eigenvalue weighted by atomic mass is 10.5. The number of ether oxygens (including phenoxy) is 1. The first-order chi connectivity index (χ1) is 4.72. The molecule has 0 unspecified atom stereocenters. The highest BCUT2D eigenvalue weighted by Crippen LogP contribution is 2.17. The third-order valence-corrected chi connectivity index (χ3v) is 1.72. The molecule has 0 bridgehead atoms. The molecule has 1 aromatic heterocycles. The van der Waals surface area contributed by atoms with Gasteiger partial charge < -0.3 is 4.74 Å². The summed E-state index contributed by atoms with van der Waals surface area (Å²) in [5.41, 5.74) is 0. The van der Waals surface area contributed by atoms with Gasteiger partial charge in [-0.05, 0) is 22.6 Å². The van der Waals surface area contributed by atoms with E-state index in [1.807, 2.05) is 6.07 Å². The second-order valence-corrected chi connectivity index (χ2v) is 3.14. The van der Waals surface area contributed by atoms with Crippen LogP contribution in [0.4, 0.5) is 0 Å². The molecule has 0 saturated heterocycles. The average molecular weight is 269 g/mol. The van der Waals surface area contributed by atoms with Crippen LogP contribution < -0.4 is 4.74 Å². The third-order valence-electron chi connectivity index (χ3n) is 0.972. The zero-order chi connectivity index (χ0) is 7.56. The summed E-state index contributed by atoms with van der Waals surface area (Å²) in [6.45, 7) is 0. The molecule has 0 aromatic carbocycles. The summed E-state index contributed by atoms with van der Waals surface area (Å²) in [4.78, 5) is 3.95. The van der Waals surface area contributed by atoms with Gasteiger partial charge in [-0.3, -0.25) is 0 Å². The number of pyridine rings is 1. The van der Waals surface area contributed by atoms with Gasteiger partial charge in [-0.2, -0.15) is 0 Å². The highest BCUT2D eigenvalue weighted by molar-refractivity contribution is 14.1. The van der Waals surface area contributed by atoms with E-state index in [2.05, 4.69) is 27.6 Å². The normalized spacial score (nSPS) is 9.50. The maximum Gasteiger partial charge on any atom is 0.133 e. The van der Waals surface area contributed by atoms with Gasteiger partial charge in [-0.25, -0.2) is 4.98 Å². The van der Waals surface area contributed by atoms with Crippen molar-refractivity contribution in [3.8, 4) is 5.75 Å². The first kappa shape index (κ1) is 8.07. The van der Waals surface area contributed by atoms with Crippen LogP contribution in [0.3, 0.4) is 0 Å². The molecule has 0 atom stereocenters. The summed E-state index contributed by atoms with van der Waals surface area (Å²) in [6, 6.07) is 3.48. The SMILES string of the molecule is COc1cc(Cl)nc(I)c1. The number of hydrogen-bond acceptors (Lipinski definition) is 2. The molecule has 1 aromatic rings. The molecule has 0 radical (unpaired) electrons. The summed E-state index contributed by atoms with van der Waals surface area (Å²) < 4.78 is 5.78. The number of nitrogens with zero attached hydrogens (tertiary/aromatic N) is 1. The first-order valence-corrected chi connectivity index (χ1v) is 4.05. The summed E-state index contributed by atoms with van der Waals surface area (Å²) in [5.74, 6) is 0.740. The standard InChI is InChI=1S/C6H5ClINO/c1-10-4-2-5(7)9-6(8)3-4/h2-3H,1H3. The minimum atomic E-state index is 0.462. The molecule has 0 saturated carbocycles. The topological polar surface area (TPSA) is 22.1 Å². The van der Waals surface area contributed by atoms with Crippen LogP contribution in [0.5, 0.6) is 5.75 Å². The van der Waals surface area contributed by atoms with Crippen LogP contribution in [0.1, 0.15) is 0 Å². The second-order valence-electron chi connectivity index (χ2n) is 1.65. The van der Waals surface area contributed by atoms with E-state index < -0.39 is 0 Å². The van der Waals surface area contributed by atoms with Gasteiger partial charge in [0.05, 0.1) is 7.11 Å². The fourth-order valence-corrected chi connectivity index (χ4v) is 1.47. The Morgan fingerprint density at radius 2 is 2.30 bits per heavy atom. The maximum atomic E-state index is 5.63. The Balaban J connectivity index is 3.06. The molecular formula is C6H5ClINO. The fourth-order valence-electron chi connectivity index (χ4n) is 0.561. The number of hydrogen-bond donors (Lipinski definition) is 0. The van der Waals surface area contributed by atoms with E-state index in [1.165, 1.54) is 0 Å². The molecule has 0 fully saturated rings. The summed E-state index contributed by atoms with van der Waals surface area (Å²) >= 11 is 7.71. The molecule has 0 aliphatic heterocycles. The summed E-state index contributed by atoms with van der Waals surface area (Å²) in [7, 11) is 1.60. The van der Waals surface area contributed by atoms with Crippen LogP contribution in [0.25, 0.3) is 0 Å². The van der Waals surface area contributed by atoms with Crippen molar-refractivity contribution in [1.82, 2.24) is 4.98 Å². The molecule has 10 heavy (non-hydrogen) atoms. The molecule has 0 aliphatic rings. The third kappa shape index (κ3) is 1.98. The second kappa shape index (κ2) is 3.39. The van der Waals surface area contributed by atoms with E-state index in [0.29, 0.717) is 5.15 Å². The Kier molecular flexibility index (Phi) is 2.73. The van der Waals surface area contributed by atoms with Crippen LogP contribution in [0, 0.1) is 3.70 Å². The predicted molar refractivity (Wildman–Crippen MR) is 48.5 cm³/mol. The minimum Gasteiger partial charge on any atom is -0.497 e. The Hall–Kier alpha value is -0.0300. The molecule has 54 valence electrons. The lowest BCUT2D eigenvalue weighted by Gasteiger charge is -1.98. The quantitative estimate of drug-likeness (QED) is 0.577.